The van der Waals surface area contributed by atoms with Crippen LogP contribution in [-0.2, 0) is 6.54 Å². The SMILES string of the molecule is CNc1cc(N(C)Cc2ccccc2Cl)cc([N+](=O)[O-])c1. The number of non-ortho nitro benzene ring substituents is 1. The second-order valence-corrected chi connectivity index (χ2v) is 5.10. The minimum Gasteiger partial charge on any atom is -0.388 e. The molecule has 2 aromatic carbocycles. The van der Waals surface area contributed by atoms with Crippen LogP contribution >= 0.6 is 11.6 Å². The van der Waals surface area contributed by atoms with Crippen LogP contribution < -0.4 is 10.2 Å². The summed E-state index contributed by atoms with van der Waals surface area (Å²) in [4.78, 5) is 12.5. The molecule has 0 amide bonds. The van der Waals surface area contributed by atoms with Gasteiger partial charge in [0.15, 0.2) is 0 Å². The lowest BCUT2D eigenvalue weighted by atomic mass is 10.2. The Morgan fingerprint density at radius 2 is 2.00 bits per heavy atom. The Labute approximate surface area is 128 Å². The number of nitro benzene ring substituents is 1. The molecule has 2 rings (SSSR count). The molecule has 0 spiro atoms. The maximum atomic E-state index is 11.0. The van der Waals surface area contributed by atoms with Gasteiger partial charge >= 0.3 is 0 Å². The van der Waals surface area contributed by atoms with Crippen LogP contribution in [0.3, 0.4) is 0 Å². The molecule has 0 aromatic heterocycles. The third kappa shape index (κ3) is 3.64. The molecule has 0 heterocycles. The van der Waals surface area contributed by atoms with Gasteiger partial charge in [-0.2, -0.15) is 0 Å². The zero-order valence-corrected chi connectivity index (χ0v) is 12.6. The second-order valence-electron chi connectivity index (χ2n) is 4.69. The lowest BCUT2D eigenvalue weighted by Crippen LogP contribution is -2.17. The van der Waals surface area contributed by atoms with E-state index in [-0.39, 0.29) is 5.69 Å². The number of anilines is 2. The second kappa shape index (κ2) is 6.45. The van der Waals surface area contributed by atoms with Crippen molar-refractivity contribution in [3.8, 4) is 0 Å². The standard InChI is InChI=1S/C15H16ClN3O2/c1-17-12-7-13(9-14(8-12)19(20)21)18(2)10-11-5-3-4-6-15(11)16/h3-9,17H,10H2,1-2H3. The summed E-state index contributed by atoms with van der Waals surface area (Å²) in [6.07, 6.45) is 0. The van der Waals surface area contributed by atoms with Crippen molar-refractivity contribution in [3.63, 3.8) is 0 Å². The van der Waals surface area contributed by atoms with E-state index in [1.54, 1.807) is 13.1 Å². The minimum atomic E-state index is -0.395. The van der Waals surface area contributed by atoms with Crippen LogP contribution in [0.25, 0.3) is 0 Å². The first kappa shape index (κ1) is 15.1. The Hall–Kier alpha value is -2.27. The minimum absolute atomic E-state index is 0.0582. The molecule has 0 atom stereocenters. The van der Waals surface area contributed by atoms with E-state index in [9.17, 15) is 10.1 Å². The van der Waals surface area contributed by atoms with Crippen LogP contribution in [0.15, 0.2) is 42.5 Å². The molecule has 0 saturated heterocycles. The van der Waals surface area contributed by atoms with Crippen molar-refractivity contribution in [1.29, 1.82) is 0 Å². The first-order valence-electron chi connectivity index (χ1n) is 6.43. The molecule has 0 fully saturated rings. The molecule has 0 bridgehead atoms. The number of nitrogens with zero attached hydrogens (tertiary/aromatic N) is 2. The molecule has 0 radical (unpaired) electrons. The van der Waals surface area contributed by atoms with Crippen LogP contribution in [0.1, 0.15) is 5.56 Å². The van der Waals surface area contributed by atoms with E-state index >= 15 is 0 Å². The average molecular weight is 306 g/mol. The summed E-state index contributed by atoms with van der Waals surface area (Å²) in [7, 11) is 3.61. The predicted octanol–water partition coefficient (Wildman–Crippen LogP) is 3.93. The number of nitrogens with one attached hydrogen (secondary N) is 1. The van der Waals surface area contributed by atoms with Crippen molar-refractivity contribution in [2.45, 2.75) is 6.54 Å². The van der Waals surface area contributed by atoms with E-state index in [1.165, 1.54) is 6.07 Å². The summed E-state index contributed by atoms with van der Waals surface area (Å²) in [6, 6.07) is 12.5. The van der Waals surface area contributed by atoms with Gasteiger partial charge in [0.25, 0.3) is 5.69 Å². The number of hydrogen-bond donors (Lipinski definition) is 1. The van der Waals surface area contributed by atoms with Gasteiger partial charge in [0.05, 0.1) is 4.92 Å². The Morgan fingerprint density at radius 3 is 2.62 bits per heavy atom. The van der Waals surface area contributed by atoms with Crippen molar-refractivity contribution >= 4 is 28.7 Å². The fourth-order valence-electron chi connectivity index (χ4n) is 2.04. The van der Waals surface area contributed by atoms with Gasteiger partial charge in [-0.3, -0.25) is 10.1 Å². The van der Waals surface area contributed by atoms with Gasteiger partial charge in [0.2, 0.25) is 0 Å². The molecule has 5 nitrogen and oxygen atoms in total. The topological polar surface area (TPSA) is 58.4 Å². The van der Waals surface area contributed by atoms with E-state index in [0.29, 0.717) is 17.3 Å². The largest absolute Gasteiger partial charge is 0.388 e. The van der Waals surface area contributed by atoms with Gasteiger partial charge in [-0.25, -0.2) is 0 Å². The molecule has 110 valence electrons. The maximum Gasteiger partial charge on any atom is 0.273 e. The van der Waals surface area contributed by atoms with Crippen molar-refractivity contribution in [1.82, 2.24) is 0 Å². The third-order valence-electron chi connectivity index (χ3n) is 3.21. The molecule has 0 saturated carbocycles. The van der Waals surface area contributed by atoms with Crippen LogP contribution in [0, 0.1) is 10.1 Å². The molecule has 0 aliphatic heterocycles. The van der Waals surface area contributed by atoms with Crippen LogP contribution in [0.5, 0.6) is 0 Å². The van der Waals surface area contributed by atoms with Gasteiger partial charge in [0.1, 0.15) is 0 Å². The number of rotatable bonds is 5. The van der Waals surface area contributed by atoms with E-state index in [1.807, 2.05) is 42.3 Å². The zero-order chi connectivity index (χ0) is 15.4. The van der Waals surface area contributed by atoms with Crippen LogP contribution in [-0.4, -0.2) is 19.0 Å². The predicted molar refractivity (Wildman–Crippen MR) is 86.2 cm³/mol. The fraction of sp³-hybridized carbons (Fsp3) is 0.200. The van der Waals surface area contributed by atoms with Crippen molar-refractivity contribution in [3.05, 3.63) is 63.2 Å². The van der Waals surface area contributed by atoms with Crippen molar-refractivity contribution in [2.24, 2.45) is 0 Å². The van der Waals surface area contributed by atoms with Gasteiger partial charge in [0, 0.05) is 49.2 Å². The van der Waals surface area contributed by atoms with Crippen molar-refractivity contribution in [2.75, 3.05) is 24.3 Å². The normalized spacial score (nSPS) is 10.2. The number of hydrogen-bond acceptors (Lipinski definition) is 4. The molecule has 21 heavy (non-hydrogen) atoms. The third-order valence-corrected chi connectivity index (χ3v) is 3.58. The molecule has 0 unspecified atom stereocenters. The Bertz CT molecular complexity index is 661. The monoisotopic (exact) mass is 305 g/mol. The number of nitro groups is 1. The molecule has 1 N–H and O–H groups in total. The first-order valence-corrected chi connectivity index (χ1v) is 6.81. The fourth-order valence-corrected chi connectivity index (χ4v) is 2.23. The molecule has 0 aliphatic carbocycles. The van der Waals surface area contributed by atoms with Crippen LogP contribution in [0.4, 0.5) is 17.1 Å². The summed E-state index contributed by atoms with van der Waals surface area (Å²) in [5.74, 6) is 0. The lowest BCUT2D eigenvalue weighted by Gasteiger charge is -2.20. The first-order chi connectivity index (χ1) is 10.0. The van der Waals surface area contributed by atoms with E-state index in [2.05, 4.69) is 5.32 Å². The Balaban J connectivity index is 2.30. The summed E-state index contributed by atoms with van der Waals surface area (Å²) >= 11 is 6.15. The summed E-state index contributed by atoms with van der Waals surface area (Å²) in [6.45, 7) is 0.573. The summed E-state index contributed by atoms with van der Waals surface area (Å²) in [5.41, 5.74) is 2.49. The molecule has 2 aromatic rings. The summed E-state index contributed by atoms with van der Waals surface area (Å²) in [5, 5.41) is 14.6. The van der Waals surface area contributed by atoms with Gasteiger partial charge in [-0.05, 0) is 17.7 Å². The maximum absolute atomic E-state index is 11.0. The van der Waals surface area contributed by atoms with E-state index in [0.717, 1.165) is 11.3 Å². The van der Waals surface area contributed by atoms with Crippen LogP contribution in [0.2, 0.25) is 5.02 Å². The zero-order valence-electron chi connectivity index (χ0n) is 11.8. The molecular formula is C15H16ClN3O2. The highest BCUT2D eigenvalue weighted by molar-refractivity contribution is 6.31. The lowest BCUT2D eigenvalue weighted by molar-refractivity contribution is -0.384. The smallest absolute Gasteiger partial charge is 0.273 e. The van der Waals surface area contributed by atoms with Crippen molar-refractivity contribution < 1.29 is 4.92 Å². The average Bonchev–Trinajstić information content (AvgIpc) is 2.49. The highest BCUT2D eigenvalue weighted by atomic mass is 35.5. The van der Waals surface area contributed by atoms with E-state index < -0.39 is 4.92 Å². The van der Waals surface area contributed by atoms with Gasteiger partial charge in [-0.1, -0.05) is 29.8 Å². The number of benzene rings is 2. The highest BCUT2D eigenvalue weighted by Crippen LogP contribution is 2.28. The molecular weight excluding hydrogens is 290 g/mol. The highest BCUT2D eigenvalue weighted by Gasteiger charge is 2.12. The van der Waals surface area contributed by atoms with Gasteiger partial charge < -0.3 is 10.2 Å². The van der Waals surface area contributed by atoms with Gasteiger partial charge in [-0.15, -0.1) is 0 Å². The molecule has 6 heteroatoms. The number of halogens is 1. The molecule has 0 aliphatic rings. The van der Waals surface area contributed by atoms with E-state index in [4.69, 9.17) is 11.6 Å². The quantitative estimate of drug-likeness (QED) is 0.672. The Morgan fingerprint density at radius 1 is 1.29 bits per heavy atom. The Kier molecular flexibility index (Phi) is 4.65. The summed E-state index contributed by atoms with van der Waals surface area (Å²) < 4.78 is 0.